The average Bonchev–Trinajstić information content (AvgIpc) is 2.94. The largest absolute Gasteiger partial charge is 0.385 e. The van der Waals surface area contributed by atoms with Crippen LogP contribution in [0.2, 0.25) is 0 Å². The Morgan fingerprint density at radius 3 is 2.58 bits per heavy atom. The summed E-state index contributed by atoms with van der Waals surface area (Å²) in [6.07, 6.45) is 0.992. The number of hydrogen-bond acceptors (Lipinski definition) is 4. The lowest BCUT2D eigenvalue weighted by atomic mass is 9.92. The number of ether oxygens (including phenoxy) is 2. The molecule has 0 bridgehead atoms. The Bertz CT molecular complexity index is 535. The zero-order valence-electron chi connectivity index (χ0n) is 14.4. The molecule has 1 aliphatic rings. The predicted octanol–water partition coefficient (Wildman–Crippen LogP) is 1.38. The number of nitrogens with one attached hydrogen (secondary N) is 1. The van der Waals surface area contributed by atoms with E-state index in [1.807, 2.05) is 30.3 Å². The SMILES string of the molecule is COCCCNC(=O)[C@@H]1CC(=O)N(CCOC)[C@H]1c1ccccc1. The summed E-state index contributed by atoms with van der Waals surface area (Å²) >= 11 is 0. The molecule has 1 aromatic carbocycles. The van der Waals surface area contributed by atoms with Gasteiger partial charge in [-0.3, -0.25) is 9.59 Å². The number of amides is 2. The molecule has 1 heterocycles. The fraction of sp³-hybridized carbons (Fsp3) is 0.556. The van der Waals surface area contributed by atoms with Crippen LogP contribution in [0.25, 0.3) is 0 Å². The monoisotopic (exact) mass is 334 g/mol. The van der Waals surface area contributed by atoms with Crippen molar-refractivity contribution in [3.63, 3.8) is 0 Å². The van der Waals surface area contributed by atoms with E-state index in [2.05, 4.69) is 5.32 Å². The number of methoxy groups -OCH3 is 2. The van der Waals surface area contributed by atoms with Crippen molar-refractivity contribution in [2.24, 2.45) is 5.92 Å². The fourth-order valence-corrected chi connectivity index (χ4v) is 3.10. The third kappa shape index (κ3) is 4.55. The molecule has 6 nitrogen and oxygen atoms in total. The molecular weight excluding hydrogens is 308 g/mol. The van der Waals surface area contributed by atoms with Gasteiger partial charge in [0.25, 0.3) is 0 Å². The molecule has 0 radical (unpaired) electrons. The van der Waals surface area contributed by atoms with Crippen LogP contribution in [0.3, 0.4) is 0 Å². The molecule has 132 valence electrons. The Balaban J connectivity index is 2.12. The molecular formula is C18H26N2O4. The van der Waals surface area contributed by atoms with E-state index in [-0.39, 0.29) is 30.2 Å². The summed E-state index contributed by atoms with van der Waals surface area (Å²) in [5.41, 5.74) is 0.983. The first-order valence-electron chi connectivity index (χ1n) is 8.29. The van der Waals surface area contributed by atoms with Gasteiger partial charge in [0.2, 0.25) is 11.8 Å². The smallest absolute Gasteiger partial charge is 0.226 e. The molecule has 1 fully saturated rings. The van der Waals surface area contributed by atoms with E-state index < -0.39 is 0 Å². The molecule has 1 N–H and O–H groups in total. The molecule has 0 unspecified atom stereocenters. The molecule has 2 atom stereocenters. The highest BCUT2D eigenvalue weighted by atomic mass is 16.5. The lowest BCUT2D eigenvalue weighted by Crippen LogP contribution is -2.37. The molecule has 1 saturated heterocycles. The van der Waals surface area contributed by atoms with Crippen molar-refractivity contribution in [2.75, 3.05) is 40.5 Å². The summed E-state index contributed by atoms with van der Waals surface area (Å²) in [7, 11) is 3.24. The summed E-state index contributed by atoms with van der Waals surface area (Å²) in [5.74, 6) is -0.453. The summed E-state index contributed by atoms with van der Waals surface area (Å²) in [6.45, 7) is 2.10. The topological polar surface area (TPSA) is 67.9 Å². The van der Waals surface area contributed by atoms with Crippen LogP contribution in [-0.2, 0) is 19.1 Å². The number of hydrogen-bond donors (Lipinski definition) is 1. The van der Waals surface area contributed by atoms with Crippen LogP contribution in [0, 0.1) is 5.92 Å². The molecule has 1 aromatic rings. The molecule has 2 rings (SSSR count). The van der Waals surface area contributed by atoms with Crippen LogP contribution in [0.5, 0.6) is 0 Å². The molecule has 1 aliphatic heterocycles. The minimum Gasteiger partial charge on any atom is -0.385 e. The first-order chi connectivity index (χ1) is 11.7. The van der Waals surface area contributed by atoms with E-state index in [1.54, 1.807) is 19.1 Å². The van der Waals surface area contributed by atoms with E-state index in [0.717, 1.165) is 12.0 Å². The lowest BCUT2D eigenvalue weighted by molar-refractivity contribution is -0.129. The van der Waals surface area contributed by atoms with E-state index in [9.17, 15) is 9.59 Å². The molecule has 0 aliphatic carbocycles. The van der Waals surface area contributed by atoms with Crippen LogP contribution in [-0.4, -0.2) is 57.2 Å². The molecule has 0 spiro atoms. The number of rotatable bonds is 9. The van der Waals surface area contributed by atoms with E-state index in [0.29, 0.717) is 26.3 Å². The third-order valence-corrected chi connectivity index (χ3v) is 4.27. The Kier molecular flexibility index (Phi) is 7.21. The van der Waals surface area contributed by atoms with Gasteiger partial charge >= 0.3 is 0 Å². The molecule has 0 saturated carbocycles. The molecule has 2 amide bonds. The normalized spacial score (nSPS) is 20.4. The van der Waals surface area contributed by atoms with Crippen molar-refractivity contribution in [3.05, 3.63) is 35.9 Å². The van der Waals surface area contributed by atoms with Gasteiger partial charge in [0.05, 0.1) is 18.6 Å². The Morgan fingerprint density at radius 1 is 1.21 bits per heavy atom. The lowest BCUT2D eigenvalue weighted by Gasteiger charge is -2.28. The Morgan fingerprint density at radius 2 is 1.92 bits per heavy atom. The minimum absolute atomic E-state index is 0.00190. The van der Waals surface area contributed by atoms with Gasteiger partial charge in [-0.1, -0.05) is 30.3 Å². The fourth-order valence-electron chi connectivity index (χ4n) is 3.10. The number of carbonyl (C=O) groups is 2. The van der Waals surface area contributed by atoms with Gasteiger partial charge in [0, 0.05) is 40.3 Å². The summed E-state index contributed by atoms with van der Waals surface area (Å²) < 4.78 is 10.1. The first kappa shape index (κ1) is 18.4. The summed E-state index contributed by atoms with van der Waals surface area (Å²) in [6, 6.07) is 9.49. The maximum Gasteiger partial charge on any atom is 0.226 e. The average molecular weight is 334 g/mol. The minimum atomic E-state index is -0.376. The zero-order chi connectivity index (χ0) is 17.4. The first-order valence-corrected chi connectivity index (χ1v) is 8.29. The van der Waals surface area contributed by atoms with Crippen molar-refractivity contribution in [1.29, 1.82) is 0 Å². The van der Waals surface area contributed by atoms with Gasteiger partial charge in [-0.2, -0.15) is 0 Å². The molecule has 0 aromatic heterocycles. The predicted molar refractivity (Wildman–Crippen MR) is 90.4 cm³/mol. The number of nitrogens with zero attached hydrogens (tertiary/aromatic N) is 1. The Hall–Kier alpha value is -1.92. The van der Waals surface area contributed by atoms with Crippen LogP contribution in [0.15, 0.2) is 30.3 Å². The molecule has 6 heteroatoms. The van der Waals surface area contributed by atoms with Gasteiger partial charge in [0.15, 0.2) is 0 Å². The van der Waals surface area contributed by atoms with Crippen molar-refractivity contribution >= 4 is 11.8 Å². The van der Waals surface area contributed by atoms with Crippen molar-refractivity contribution in [3.8, 4) is 0 Å². The van der Waals surface area contributed by atoms with E-state index in [1.165, 1.54) is 0 Å². The standard InChI is InChI=1S/C18H26N2O4/c1-23-11-6-9-19-18(22)15-13-16(21)20(10-12-24-2)17(15)14-7-4-3-5-8-14/h3-5,7-8,15,17H,6,9-13H2,1-2H3,(H,19,22)/t15-,17+/m1/s1. The van der Waals surface area contributed by atoms with Gasteiger partial charge in [0.1, 0.15) is 0 Å². The van der Waals surface area contributed by atoms with Gasteiger partial charge in [-0.25, -0.2) is 0 Å². The maximum absolute atomic E-state index is 12.6. The van der Waals surface area contributed by atoms with Crippen molar-refractivity contribution < 1.29 is 19.1 Å². The second-order valence-electron chi connectivity index (χ2n) is 5.88. The van der Waals surface area contributed by atoms with Crippen LogP contribution < -0.4 is 5.32 Å². The summed E-state index contributed by atoms with van der Waals surface area (Å²) in [4.78, 5) is 26.8. The van der Waals surface area contributed by atoms with Gasteiger partial charge in [-0.15, -0.1) is 0 Å². The van der Waals surface area contributed by atoms with Crippen LogP contribution in [0.1, 0.15) is 24.4 Å². The second-order valence-corrected chi connectivity index (χ2v) is 5.88. The quantitative estimate of drug-likeness (QED) is 0.693. The van der Waals surface area contributed by atoms with E-state index >= 15 is 0 Å². The van der Waals surface area contributed by atoms with Gasteiger partial charge in [-0.05, 0) is 12.0 Å². The molecule has 24 heavy (non-hydrogen) atoms. The van der Waals surface area contributed by atoms with Crippen LogP contribution >= 0.6 is 0 Å². The maximum atomic E-state index is 12.6. The van der Waals surface area contributed by atoms with Crippen molar-refractivity contribution in [2.45, 2.75) is 18.9 Å². The van der Waals surface area contributed by atoms with E-state index in [4.69, 9.17) is 9.47 Å². The zero-order valence-corrected chi connectivity index (χ0v) is 14.4. The second kappa shape index (κ2) is 9.39. The highest BCUT2D eigenvalue weighted by Gasteiger charge is 2.43. The Labute approximate surface area is 143 Å². The van der Waals surface area contributed by atoms with Gasteiger partial charge < -0.3 is 19.7 Å². The third-order valence-electron chi connectivity index (χ3n) is 4.27. The summed E-state index contributed by atoms with van der Waals surface area (Å²) in [5, 5.41) is 2.93. The number of likely N-dealkylation sites (tertiary alicyclic amines) is 1. The van der Waals surface area contributed by atoms with Crippen LogP contribution in [0.4, 0.5) is 0 Å². The number of carbonyl (C=O) groups excluding carboxylic acids is 2. The van der Waals surface area contributed by atoms with Crippen molar-refractivity contribution in [1.82, 2.24) is 10.2 Å². The number of benzene rings is 1. The highest BCUT2D eigenvalue weighted by molar-refractivity contribution is 5.90. The highest BCUT2D eigenvalue weighted by Crippen LogP contribution is 2.38.